The molecule has 186 valence electrons. The van der Waals surface area contributed by atoms with Crippen molar-refractivity contribution in [1.29, 1.82) is 0 Å². The first-order chi connectivity index (χ1) is 15.7. The van der Waals surface area contributed by atoms with Crippen LogP contribution in [0, 0.1) is 0 Å². The Morgan fingerprint density at radius 2 is 1.67 bits per heavy atom. The minimum Gasteiger partial charge on any atom is -0.497 e. The summed E-state index contributed by atoms with van der Waals surface area (Å²) in [4.78, 5) is 12.1. The molecule has 2 saturated heterocycles. The van der Waals surface area contributed by atoms with Crippen LogP contribution in [0.4, 0.5) is 0 Å². The number of esters is 1. The highest BCUT2D eigenvalue weighted by Crippen LogP contribution is 2.30. The zero-order chi connectivity index (χ0) is 24.3. The third kappa shape index (κ3) is 5.54. The van der Waals surface area contributed by atoms with E-state index in [1.807, 2.05) is 0 Å². The Labute approximate surface area is 188 Å². The first-order valence-corrected chi connectivity index (χ1v) is 10.1. The standard InChI is InChI=1S/C20H28O13/c1-28-8-3-4-11(9(5-8)18(27)29-2)32-20-17(26)15(24)14(23)12(33-20)7-31-19-16(25)13(22)10(21)6-30-19/h3-5,10,12-17,19-26H,6-7H2,1-2H3/t10-,12-,13+,14-,15+,16-,17-,19+,20?/m1/s1. The van der Waals surface area contributed by atoms with Gasteiger partial charge in [0.1, 0.15) is 59.8 Å². The van der Waals surface area contributed by atoms with E-state index in [0.29, 0.717) is 5.75 Å². The van der Waals surface area contributed by atoms with E-state index >= 15 is 0 Å². The number of hydrogen-bond acceptors (Lipinski definition) is 13. The number of ether oxygens (including phenoxy) is 6. The van der Waals surface area contributed by atoms with Crippen molar-refractivity contribution in [1.82, 2.24) is 0 Å². The lowest BCUT2D eigenvalue weighted by atomic mass is 9.99. The van der Waals surface area contributed by atoms with Gasteiger partial charge < -0.3 is 59.1 Å². The maximum absolute atomic E-state index is 12.1. The molecule has 2 heterocycles. The number of benzene rings is 1. The third-order valence-electron chi connectivity index (χ3n) is 5.38. The minimum atomic E-state index is -1.71. The molecule has 2 aliphatic rings. The number of carbonyl (C=O) groups excluding carboxylic acids is 1. The summed E-state index contributed by atoms with van der Waals surface area (Å²) in [5, 5.41) is 60.1. The number of aliphatic hydroxyl groups is 6. The van der Waals surface area contributed by atoms with Gasteiger partial charge in [-0.1, -0.05) is 0 Å². The zero-order valence-corrected chi connectivity index (χ0v) is 17.9. The number of methoxy groups -OCH3 is 2. The van der Waals surface area contributed by atoms with Crippen LogP contribution in [0.3, 0.4) is 0 Å². The smallest absolute Gasteiger partial charge is 0.341 e. The molecule has 0 aromatic heterocycles. The average molecular weight is 476 g/mol. The van der Waals surface area contributed by atoms with Gasteiger partial charge in [0.25, 0.3) is 0 Å². The monoisotopic (exact) mass is 476 g/mol. The van der Waals surface area contributed by atoms with Gasteiger partial charge in [0.05, 0.1) is 27.4 Å². The van der Waals surface area contributed by atoms with Crippen molar-refractivity contribution in [2.75, 3.05) is 27.4 Å². The van der Waals surface area contributed by atoms with Gasteiger partial charge >= 0.3 is 5.97 Å². The summed E-state index contributed by atoms with van der Waals surface area (Å²) in [6.45, 7) is -0.736. The van der Waals surface area contributed by atoms with E-state index in [2.05, 4.69) is 0 Å². The molecule has 0 saturated carbocycles. The molecular weight excluding hydrogens is 448 g/mol. The van der Waals surface area contributed by atoms with Crippen molar-refractivity contribution < 1.29 is 63.9 Å². The van der Waals surface area contributed by atoms with Crippen LogP contribution in [0.25, 0.3) is 0 Å². The maximum Gasteiger partial charge on any atom is 0.341 e. The average Bonchev–Trinajstić information content (AvgIpc) is 2.82. The van der Waals surface area contributed by atoms with Gasteiger partial charge in [0.15, 0.2) is 6.29 Å². The lowest BCUT2D eigenvalue weighted by Crippen LogP contribution is -2.61. The van der Waals surface area contributed by atoms with Crippen molar-refractivity contribution in [3.63, 3.8) is 0 Å². The molecule has 2 aliphatic heterocycles. The van der Waals surface area contributed by atoms with Crippen LogP contribution in [0.2, 0.25) is 0 Å². The fourth-order valence-corrected chi connectivity index (χ4v) is 3.40. The second-order valence-corrected chi connectivity index (χ2v) is 7.57. The van der Waals surface area contributed by atoms with Gasteiger partial charge in [-0.25, -0.2) is 4.79 Å². The number of aliphatic hydroxyl groups excluding tert-OH is 6. The second-order valence-electron chi connectivity index (χ2n) is 7.57. The van der Waals surface area contributed by atoms with E-state index in [9.17, 15) is 35.4 Å². The summed E-state index contributed by atoms with van der Waals surface area (Å²) >= 11 is 0. The first-order valence-electron chi connectivity index (χ1n) is 10.1. The highest BCUT2D eigenvalue weighted by atomic mass is 16.7. The fourth-order valence-electron chi connectivity index (χ4n) is 3.40. The van der Waals surface area contributed by atoms with Crippen molar-refractivity contribution in [3.8, 4) is 11.5 Å². The third-order valence-corrected chi connectivity index (χ3v) is 5.38. The number of rotatable bonds is 7. The van der Waals surface area contributed by atoms with Crippen LogP contribution >= 0.6 is 0 Å². The summed E-state index contributed by atoms with van der Waals surface area (Å²) in [5.41, 5.74) is -0.0349. The molecule has 3 rings (SSSR count). The molecule has 6 N–H and O–H groups in total. The van der Waals surface area contributed by atoms with Gasteiger partial charge in [-0.2, -0.15) is 0 Å². The largest absolute Gasteiger partial charge is 0.497 e. The summed E-state index contributed by atoms with van der Waals surface area (Å²) < 4.78 is 31.4. The van der Waals surface area contributed by atoms with Crippen LogP contribution in [-0.4, -0.2) is 119 Å². The lowest BCUT2D eigenvalue weighted by Gasteiger charge is -2.41. The van der Waals surface area contributed by atoms with E-state index in [-0.39, 0.29) is 17.9 Å². The molecule has 9 atom stereocenters. The fraction of sp³-hybridized carbons (Fsp3) is 0.650. The van der Waals surface area contributed by atoms with Crippen molar-refractivity contribution in [2.45, 2.75) is 55.3 Å². The molecule has 1 unspecified atom stereocenters. The zero-order valence-electron chi connectivity index (χ0n) is 17.9. The normalized spacial score (nSPS) is 36.8. The van der Waals surface area contributed by atoms with E-state index < -0.39 is 67.9 Å². The molecule has 0 bridgehead atoms. The van der Waals surface area contributed by atoms with Gasteiger partial charge in [-0.05, 0) is 18.2 Å². The summed E-state index contributed by atoms with van der Waals surface area (Å²) in [5.74, 6) is -0.454. The minimum absolute atomic E-state index is 0.0349. The Kier molecular flexibility index (Phi) is 8.44. The lowest BCUT2D eigenvalue weighted by molar-refractivity contribution is -0.307. The van der Waals surface area contributed by atoms with Crippen molar-refractivity contribution in [3.05, 3.63) is 23.8 Å². The SMILES string of the molecule is COC(=O)c1cc(OC)ccc1OC1O[C@H](CO[C@@H]2OC[C@@H](O)[C@H](O)[C@H]2O)[C@@H](O)[C@H](O)[C@H]1O. The summed E-state index contributed by atoms with van der Waals surface area (Å²) in [7, 11) is 2.57. The molecule has 13 nitrogen and oxygen atoms in total. The van der Waals surface area contributed by atoms with Gasteiger partial charge in [0, 0.05) is 0 Å². The second kappa shape index (κ2) is 10.9. The molecule has 13 heteroatoms. The van der Waals surface area contributed by atoms with E-state index in [1.165, 1.54) is 32.4 Å². The molecule has 1 aromatic carbocycles. The van der Waals surface area contributed by atoms with Crippen molar-refractivity contribution in [2.24, 2.45) is 0 Å². The maximum atomic E-state index is 12.1. The van der Waals surface area contributed by atoms with E-state index in [1.54, 1.807) is 0 Å². The van der Waals surface area contributed by atoms with E-state index in [4.69, 9.17) is 28.4 Å². The summed E-state index contributed by atoms with van der Waals surface area (Å²) in [6.07, 6.45) is -13.5. The Morgan fingerprint density at radius 3 is 2.33 bits per heavy atom. The van der Waals surface area contributed by atoms with Gasteiger partial charge in [-0.3, -0.25) is 0 Å². The molecule has 33 heavy (non-hydrogen) atoms. The molecule has 0 radical (unpaired) electrons. The Balaban J connectivity index is 1.71. The molecule has 0 aliphatic carbocycles. The molecule has 1 aromatic rings. The van der Waals surface area contributed by atoms with Gasteiger partial charge in [-0.15, -0.1) is 0 Å². The highest BCUT2D eigenvalue weighted by molar-refractivity contribution is 5.93. The molecule has 0 spiro atoms. The van der Waals surface area contributed by atoms with Crippen LogP contribution in [0.5, 0.6) is 11.5 Å². The molecule has 2 fully saturated rings. The quantitative estimate of drug-likeness (QED) is 0.220. The van der Waals surface area contributed by atoms with Gasteiger partial charge in [0.2, 0.25) is 6.29 Å². The summed E-state index contributed by atoms with van der Waals surface area (Å²) in [6, 6.07) is 4.22. The number of carbonyl (C=O) groups is 1. The van der Waals surface area contributed by atoms with Crippen LogP contribution in [0.1, 0.15) is 10.4 Å². The predicted molar refractivity (Wildman–Crippen MR) is 105 cm³/mol. The Bertz CT molecular complexity index is 804. The van der Waals surface area contributed by atoms with Crippen molar-refractivity contribution >= 4 is 5.97 Å². The van der Waals surface area contributed by atoms with E-state index in [0.717, 1.165) is 0 Å². The first kappa shape index (κ1) is 25.6. The Morgan fingerprint density at radius 1 is 0.970 bits per heavy atom. The van der Waals surface area contributed by atoms with Crippen LogP contribution < -0.4 is 9.47 Å². The van der Waals surface area contributed by atoms with Crippen LogP contribution in [0.15, 0.2) is 18.2 Å². The number of hydrogen-bond donors (Lipinski definition) is 6. The highest BCUT2D eigenvalue weighted by Gasteiger charge is 2.46. The molecular formula is C20H28O13. The molecule has 0 amide bonds. The Hall–Kier alpha value is -2.07. The van der Waals surface area contributed by atoms with Crippen LogP contribution in [-0.2, 0) is 18.9 Å². The topological polar surface area (TPSA) is 194 Å². The predicted octanol–water partition coefficient (Wildman–Crippen LogP) is -2.88.